The van der Waals surface area contributed by atoms with Crippen LogP contribution >= 0.6 is 0 Å². The summed E-state index contributed by atoms with van der Waals surface area (Å²) in [5.74, 6) is 0.276. The van der Waals surface area contributed by atoms with Gasteiger partial charge in [-0.2, -0.15) is 10.4 Å². The standard InChI is InChI=1S/C22H17N3O2/c23-14-17-10-12-18(13-11-17)15-24-25-22(26)16-27-21-9-5-4-8-20(21)19-6-2-1-3-7-19/h1-13,15H,16H2,(H,25,26). The van der Waals surface area contributed by atoms with Crippen LogP contribution in [0.25, 0.3) is 11.1 Å². The number of rotatable bonds is 6. The van der Waals surface area contributed by atoms with E-state index in [4.69, 9.17) is 10.00 Å². The molecule has 0 aliphatic heterocycles. The fraction of sp³-hybridized carbons (Fsp3) is 0.0455. The van der Waals surface area contributed by atoms with Gasteiger partial charge in [-0.25, -0.2) is 5.43 Å². The van der Waals surface area contributed by atoms with Gasteiger partial charge in [0.05, 0.1) is 17.8 Å². The van der Waals surface area contributed by atoms with Crippen LogP contribution in [0.1, 0.15) is 11.1 Å². The third-order valence-electron chi connectivity index (χ3n) is 3.77. The largest absolute Gasteiger partial charge is 0.483 e. The average molecular weight is 355 g/mol. The van der Waals surface area contributed by atoms with Gasteiger partial charge in [0.1, 0.15) is 5.75 Å². The lowest BCUT2D eigenvalue weighted by Gasteiger charge is -2.10. The third kappa shape index (κ3) is 5.03. The van der Waals surface area contributed by atoms with Gasteiger partial charge in [-0.05, 0) is 29.3 Å². The molecule has 0 unspecified atom stereocenters. The first kappa shape index (κ1) is 17.9. The van der Waals surface area contributed by atoms with Gasteiger partial charge in [-0.15, -0.1) is 0 Å². The number of nitrogens with zero attached hydrogens (tertiary/aromatic N) is 2. The first-order valence-electron chi connectivity index (χ1n) is 8.35. The zero-order valence-electron chi connectivity index (χ0n) is 14.5. The summed E-state index contributed by atoms with van der Waals surface area (Å²) in [7, 11) is 0. The molecule has 0 aliphatic carbocycles. The van der Waals surface area contributed by atoms with Crippen molar-refractivity contribution >= 4 is 12.1 Å². The maximum Gasteiger partial charge on any atom is 0.277 e. The lowest BCUT2D eigenvalue weighted by atomic mass is 10.1. The topological polar surface area (TPSA) is 74.5 Å². The van der Waals surface area contributed by atoms with Crippen LogP contribution in [-0.4, -0.2) is 18.7 Å². The molecule has 0 fully saturated rings. The van der Waals surface area contributed by atoms with Crippen LogP contribution in [0, 0.1) is 11.3 Å². The third-order valence-corrected chi connectivity index (χ3v) is 3.77. The van der Waals surface area contributed by atoms with Gasteiger partial charge in [0.15, 0.2) is 6.61 Å². The fourth-order valence-corrected chi connectivity index (χ4v) is 2.45. The molecule has 3 rings (SSSR count). The number of carbonyl (C=O) groups is 1. The van der Waals surface area contributed by atoms with Crippen molar-refractivity contribution in [3.8, 4) is 22.9 Å². The number of amides is 1. The molecule has 0 heterocycles. The van der Waals surface area contributed by atoms with E-state index in [1.165, 1.54) is 6.21 Å². The molecule has 1 N–H and O–H groups in total. The summed E-state index contributed by atoms with van der Waals surface area (Å²) >= 11 is 0. The smallest absolute Gasteiger partial charge is 0.277 e. The van der Waals surface area contributed by atoms with Gasteiger partial charge >= 0.3 is 0 Å². The molecular weight excluding hydrogens is 338 g/mol. The van der Waals surface area contributed by atoms with E-state index in [0.717, 1.165) is 16.7 Å². The van der Waals surface area contributed by atoms with E-state index in [1.807, 2.05) is 60.7 Å². The molecule has 0 saturated carbocycles. The number of nitrogens with one attached hydrogen (secondary N) is 1. The van der Waals surface area contributed by atoms with Crippen LogP contribution in [0.3, 0.4) is 0 Å². The highest BCUT2D eigenvalue weighted by atomic mass is 16.5. The number of para-hydroxylation sites is 1. The summed E-state index contributed by atoms with van der Waals surface area (Å²) in [5, 5.41) is 12.7. The molecule has 3 aromatic carbocycles. The summed E-state index contributed by atoms with van der Waals surface area (Å²) in [6.45, 7) is -0.144. The van der Waals surface area contributed by atoms with E-state index >= 15 is 0 Å². The number of ether oxygens (including phenoxy) is 1. The van der Waals surface area contributed by atoms with Crippen molar-refractivity contribution in [2.75, 3.05) is 6.61 Å². The summed E-state index contributed by atoms with van der Waals surface area (Å²) < 4.78 is 5.66. The summed E-state index contributed by atoms with van der Waals surface area (Å²) in [6.07, 6.45) is 1.51. The highest BCUT2D eigenvalue weighted by Crippen LogP contribution is 2.29. The van der Waals surface area contributed by atoms with Gasteiger partial charge in [-0.3, -0.25) is 4.79 Å². The van der Waals surface area contributed by atoms with Gasteiger partial charge in [0, 0.05) is 5.56 Å². The van der Waals surface area contributed by atoms with Gasteiger partial charge < -0.3 is 4.74 Å². The molecule has 0 saturated heterocycles. The van der Waals surface area contributed by atoms with E-state index < -0.39 is 0 Å². The first-order valence-corrected chi connectivity index (χ1v) is 8.35. The van der Waals surface area contributed by atoms with E-state index in [9.17, 15) is 4.79 Å². The Bertz CT molecular complexity index is 974. The van der Waals surface area contributed by atoms with Crippen LogP contribution in [0.4, 0.5) is 0 Å². The van der Waals surface area contributed by atoms with E-state index in [-0.39, 0.29) is 12.5 Å². The molecule has 27 heavy (non-hydrogen) atoms. The average Bonchev–Trinajstić information content (AvgIpc) is 2.73. The van der Waals surface area contributed by atoms with Gasteiger partial charge in [0.25, 0.3) is 5.91 Å². The molecule has 0 spiro atoms. The van der Waals surface area contributed by atoms with Crippen molar-refractivity contribution in [1.29, 1.82) is 5.26 Å². The summed E-state index contributed by atoms with van der Waals surface area (Å²) in [5.41, 5.74) is 5.73. The molecule has 5 heteroatoms. The van der Waals surface area contributed by atoms with Crippen molar-refractivity contribution in [2.24, 2.45) is 5.10 Å². The quantitative estimate of drug-likeness (QED) is 0.540. The molecule has 0 bridgehead atoms. The molecule has 1 amide bonds. The normalized spacial score (nSPS) is 10.3. The van der Waals surface area contributed by atoms with Crippen LogP contribution < -0.4 is 10.2 Å². The maximum atomic E-state index is 12.0. The number of benzene rings is 3. The van der Waals surface area contributed by atoms with Crippen molar-refractivity contribution in [3.05, 3.63) is 90.0 Å². The second kappa shape index (κ2) is 8.97. The molecule has 0 aliphatic rings. The van der Waals surface area contributed by atoms with Crippen LogP contribution in [-0.2, 0) is 4.79 Å². The SMILES string of the molecule is N#Cc1ccc(C=NNC(=O)COc2ccccc2-c2ccccc2)cc1. The van der Waals surface area contributed by atoms with Crippen LogP contribution in [0.15, 0.2) is 84.0 Å². The molecule has 5 nitrogen and oxygen atoms in total. The number of nitriles is 1. The minimum Gasteiger partial charge on any atom is -0.483 e. The maximum absolute atomic E-state index is 12.0. The Morgan fingerprint density at radius 1 is 1.00 bits per heavy atom. The second-order valence-electron chi connectivity index (χ2n) is 5.68. The van der Waals surface area contributed by atoms with Gasteiger partial charge in [-0.1, -0.05) is 60.7 Å². The molecule has 0 radical (unpaired) electrons. The highest BCUT2D eigenvalue weighted by molar-refractivity contribution is 5.83. The zero-order valence-corrected chi connectivity index (χ0v) is 14.5. The molecule has 0 aromatic heterocycles. The summed E-state index contributed by atoms with van der Waals surface area (Å²) in [4.78, 5) is 12.0. The Kier molecular flexibility index (Phi) is 5.95. The molecule has 3 aromatic rings. The molecule has 0 atom stereocenters. The Balaban J connectivity index is 1.57. The fourth-order valence-electron chi connectivity index (χ4n) is 2.45. The minimum atomic E-state index is -0.359. The molecule has 132 valence electrons. The lowest BCUT2D eigenvalue weighted by molar-refractivity contribution is -0.123. The first-order chi connectivity index (χ1) is 13.3. The Morgan fingerprint density at radius 2 is 1.70 bits per heavy atom. The summed E-state index contributed by atoms with van der Waals surface area (Å²) in [6, 6.07) is 26.3. The van der Waals surface area contributed by atoms with Crippen molar-refractivity contribution in [3.63, 3.8) is 0 Å². The van der Waals surface area contributed by atoms with E-state index in [0.29, 0.717) is 11.3 Å². The van der Waals surface area contributed by atoms with Crippen LogP contribution in [0.5, 0.6) is 5.75 Å². The highest BCUT2D eigenvalue weighted by Gasteiger charge is 2.07. The van der Waals surface area contributed by atoms with Crippen LogP contribution in [0.2, 0.25) is 0 Å². The number of hydrazone groups is 1. The number of carbonyl (C=O) groups excluding carboxylic acids is 1. The predicted octanol–water partition coefficient (Wildman–Crippen LogP) is 3.75. The Hall–Kier alpha value is -3.91. The van der Waals surface area contributed by atoms with Crippen molar-refractivity contribution < 1.29 is 9.53 Å². The van der Waals surface area contributed by atoms with Crippen molar-refractivity contribution in [2.45, 2.75) is 0 Å². The second-order valence-corrected chi connectivity index (χ2v) is 5.68. The van der Waals surface area contributed by atoms with Crippen molar-refractivity contribution in [1.82, 2.24) is 5.43 Å². The Morgan fingerprint density at radius 3 is 2.44 bits per heavy atom. The lowest BCUT2D eigenvalue weighted by Crippen LogP contribution is -2.24. The number of hydrogen-bond acceptors (Lipinski definition) is 4. The molecular formula is C22H17N3O2. The minimum absolute atomic E-state index is 0.144. The monoisotopic (exact) mass is 355 g/mol. The van der Waals surface area contributed by atoms with E-state index in [1.54, 1.807) is 24.3 Å². The Labute approximate surface area is 157 Å². The zero-order chi connectivity index (χ0) is 18.9. The van der Waals surface area contributed by atoms with Gasteiger partial charge in [0.2, 0.25) is 0 Å². The number of hydrogen-bond donors (Lipinski definition) is 1. The predicted molar refractivity (Wildman–Crippen MR) is 104 cm³/mol. The van der Waals surface area contributed by atoms with E-state index in [2.05, 4.69) is 10.5 Å².